The van der Waals surface area contributed by atoms with E-state index in [2.05, 4.69) is 13.8 Å². The molecular formula is C15H18O2. The van der Waals surface area contributed by atoms with Gasteiger partial charge in [-0.2, -0.15) is 0 Å². The summed E-state index contributed by atoms with van der Waals surface area (Å²) in [5, 5.41) is 9.85. The number of aromatic hydroxyl groups is 1. The van der Waals surface area contributed by atoms with Crippen molar-refractivity contribution in [1.82, 2.24) is 0 Å². The van der Waals surface area contributed by atoms with Gasteiger partial charge < -0.3 is 5.11 Å². The molecule has 0 bridgehead atoms. The number of benzene rings is 1. The fourth-order valence-corrected chi connectivity index (χ4v) is 2.90. The minimum atomic E-state index is 0.00558. The zero-order valence-corrected chi connectivity index (χ0v) is 10.4. The predicted molar refractivity (Wildman–Crippen MR) is 66.7 cm³/mol. The molecule has 0 saturated heterocycles. The van der Waals surface area contributed by atoms with Crippen molar-refractivity contribution in [2.24, 2.45) is 0 Å². The van der Waals surface area contributed by atoms with Crippen molar-refractivity contribution in [2.75, 3.05) is 0 Å². The number of fused-ring (bicyclic) bond motifs is 1. The Morgan fingerprint density at radius 3 is 2.65 bits per heavy atom. The van der Waals surface area contributed by atoms with Crippen LogP contribution in [0.5, 0.6) is 5.75 Å². The number of rotatable bonds is 1. The van der Waals surface area contributed by atoms with Crippen molar-refractivity contribution >= 4 is 5.78 Å². The van der Waals surface area contributed by atoms with Gasteiger partial charge in [-0.25, -0.2) is 0 Å². The van der Waals surface area contributed by atoms with Crippen LogP contribution < -0.4 is 0 Å². The first-order chi connectivity index (χ1) is 7.99. The summed E-state index contributed by atoms with van der Waals surface area (Å²) in [7, 11) is 0. The molecule has 2 nitrogen and oxygen atoms in total. The zero-order chi connectivity index (χ0) is 12.2. The van der Waals surface area contributed by atoms with Gasteiger partial charge in [-0.15, -0.1) is 0 Å². The van der Waals surface area contributed by atoms with E-state index in [1.165, 1.54) is 0 Å². The SMILES string of the molecule is CC1(C)CCC(=O)c2c(C3CC3)cc(O)cc21. The van der Waals surface area contributed by atoms with E-state index in [-0.39, 0.29) is 11.2 Å². The third-order valence-corrected chi connectivity index (χ3v) is 4.16. The van der Waals surface area contributed by atoms with E-state index in [0.717, 1.165) is 36.0 Å². The molecule has 1 saturated carbocycles. The Kier molecular flexibility index (Phi) is 2.13. The highest BCUT2D eigenvalue weighted by Gasteiger charge is 2.37. The van der Waals surface area contributed by atoms with Gasteiger partial charge in [-0.3, -0.25) is 4.79 Å². The monoisotopic (exact) mass is 230 g/mol. The number of phenolic OH excluding ortho intramolecular Hbond substituents is 1. The molecule has 0 aliphatic heterocycles. The highest BCUT2D eigenvalue weighted by molar-refractivity contribution is 6.01. The van der Waals surface area contributed by atoms with Crippen LogP contribution in [0.25, 0.3) is 0 Å². The number of carbonyl (C=O) groups excluding carboxylic acids is 1. The molecule has 2 heteroatoms. The molecule has 2 aliphatic carbocycles. The third-order valence-electron chi connectivity index (χ3n) is 4.16. The molecule has 1 N–H and O–H groups in total. The number of ketones is 1. The summed E-state index contributed by atoms with van der Waals surface area (Å²) in [6.07, 6.45) is 3.84. The summed E-state index contributed by atoms with van der Waals surface area (Å²) in [6.45, 7) is 4.32. The first-order valence-electron chi connectivity index (χ1n) is 6.39. The average molecular weight is 230 g/mol. The van der Waals surface area contributed by atoms with Crippen LogP contribution in [0.2, 0.25) is 0 Å². The van der Waals surface area contributed by atoms with Gasteiger partial charge in [0, 0.05) is 12.0 Å². The maximum absolute atomic E-state index is 12.2. The molecule has 90 valence electrons. The summed E-state index contributed by atoms with van der Waals surface area (Å²) in [4.78, 5) is 12.2. The number of hydrogen-bond donors (Lipinski definition) is 1. The van der Waals surface area contributed by atoms with E-state index >= 15 is 0 Å². The summed E-state index contributed by atoms with van der Waals surface area (Å²) < 4.78 is 0. The van der Waals surface area contributed by atoms with Crippen molar-refractivity contribution in [3.8, 4) is 5.75 Å². The molecule has 0 spiro atoms. The van der Waals surface area contributed by atoms with E-state index in [0.29, 0.717) is 18.1 Å². The quantitative estimate of drug-likeness (QED) is 0.801. The standard InChI is InChI=1S/C15H18O2/c1-15(2)6-5-13(17)14-11(9-3-4-9)7-10(16)8-12(14)15/h7-9,16H,3-6H2,1-2H3. The number of hydrogen-bond acceptors (Lipinski definition) is 2. The van der Waals surface area contributed by atoms with Gasteiger partial charge in [0.15, 0.2) is 5.78 Å². The summed E-state index contributed by atoms with van der Waals surface area (Å²) in [5.41, 5.74) is 3.07. The van der Waals surface area contributed by atoms with Crippen LogP contribution in [0, 0.1) is 0 Å². The van der Waals surface area contributed by atoms with E-state index < -0.39 is 0 Å². The van der Waals surface area contributed by atoms with E-state index in [9.17, 15) is 9.90 Å². The second-order valence-electron chi connectivity index (χ2n) is 6.04. The normalized spacial score (nSPS) is 22.4. The van der Waals surface area contributed by atoms with Crippen molar-refractivity contribution < 1.29 is 9.90 Å². The van der Waals surface area contributed by atoms with Crippen LogP contribution in [-0.4, -0.2) is 10.9 Å². The third kappa shape index (κ3) is 1.67. The highest BCUT2D eigenvalue weighted by atomic mass is 16.3. The molecule has 3 rings (SSSR count). The van der Waals surface area contributed by atoms with Gasteiger partial charge in [0.25, 0.3) is 0 Å². The van der Waals surface area contributed by atoms with Crippen LogP contribution in [0.3, 0.4) is 0 Å². The molecular weight excluding hydrogens is 212 g/mol. The van der Waals surface area contributed by atoms with Gasteiger partial charge in [0.05, 0.1) is 0 Å². The van der Waals surface area contributed by atoms with E-state index in [4.69, 9.17) is 0 Å². The van der Waals surface area contributed by atoms with Crippen molar-refractivity contribution in [1.29, 1.82) is 0 Å². The first-order valence-corrected chi connectivity index (χ1v) is 6.39. The Balaban J connectivity index is 2.26. The van der Waals surface area contributed by atoms with Gasteiger partial charge in [-0.1, -0.05) is 13.8 Å². The minimum Gasteiger partial charge on any atom is -0.508 e. The molecule has 1 aromatic carbocycles. The second-order valence-corrected chi connectivity index (χ2v) is 6.04. The molecule has 0 heterocycles. The largest absolute Gasteiger partial charge is 0.508 e. The molecule has 0 aromatic heterocycles. The van der Waals surface area contributed by atoms with Crippen LogP contribution in [0.4, 0.5) is 0 Å². The number of Topliss-reactive ketones (excluding diaryl/α,β-unsaturated/α-hetero) is 1. The Hall–Kier alpha value is -1.31. The van der Waals surface area contributed by atoms with Crippen LogP contribution in [0.15, 0.2) is 12.1 Å². The molecule has 0 radical (unpaired) electrons. The van der Waals surface area contributed by atoms with Crippen molar-refractivity contribution in [2.45, 2.75) is 50.9 Å². The molecule has 1 fully saturated rings. The molecule has 0 amide bonds. The maximum Gasteiger partial charge on any atom is 0.163 e. The smallest absolute Gasteiger partial charge is 0.163 e. The lowest BCUT2D eigenvalue weighted by Gasteiger charge is -2.33. The zero-order valence-electron chi connectivity index (χ0n) is 10.4. The number of carbonyl (C=O) groups is 1. The van der Waals surface area contributed by atoms with Crippen molar-refractivity contribution in [3.05, 3.63) is 28.8 Å². The number of phenols is 1. The summed E-state index contributed by atoms with van der Waals surface area (Å²) in [5.74, 6) is 1.09. The van der Waals surface area contributed by atoms with Crippen LogP contribution in [0.1, 0.15) is 66.9 Å². The van der Waals surface area contributed by atoms with E-state index in [1.54, 1.807) is 12.1 Å². The lowest BCUT2D eigenvalue weighted by molar-refractivity contribution is 0.0955. The second kappa shape index (κ2) is 3.34. The molecule has 1 aromatic rings. The molecule has 0 atom stereocenters. The minimum absolute atomic E-state index is 0.00558. The summed E-state index contributed by atoms with van der Waals surface area (Å²) >= 11 is 0. The molecule has 0 unspecified atom stereocenters. The highest BCUT2D eigenvalue weighted by Crippen LogP contribution is 2.48. The fourth-order valence-electron chi connectivity index (χ4n) is 2.90. The topological polar surface area (TPSA) is 37.3 Å². The lowest BCUT2D eigenvalue weighted by atomic mass is 9.70. The summed E-state index contributed by atoms with van der Waals surface area (Å²) in [6, 6.07) is 3.59. The van der Waals surface area contributed by atoms with E-state index in [1.807, 2.05) is 0 Å². The Bertz CT molecular complexity index is 496. The van der Waals surface area contributed by atoms with Gasteiger partial charge >= 0.3 is 0 Å². The van der Waals surface area contributed by atoms with Gasteiger partial charge in [0.2, 0.25) is 0 Å². The Morgan fingerprint density at radius 2 is 2.00 bits per heavy atom. The van der Waals surface area contributed by atoms with Gasteiger partial charge in [-0.05, 0) is 53.9 Å². The van der Waals surface area contributed by atoms with Crippen LogP contribution >= 0.6 is 0 Å². The Morgan fingerprint density at radius 1 is 1.29 bits per heavy atom. The Labute approximate surface area is 102 Å². The van der Waals surface area contributed by atoms with Crippen molar-refractivity contribution in [3.63, 3.8) is 0 Å². The average Bonchev–Trinajstić information content (AvgIpc) is 3.07. The predicted octanol–water partition coefficient (Wildman–Crippen LogP) is 3.52. The molecule has 17 heavy (non-hydrogen) atoms. The lowest BCUT2D eigenvalue weighted by Crippen LogP contribution is -2.28. The molecule has 2 aliphatic rings. The maximum atomic E-state index is 12.2. The van der Waals surface area contributed by atoms with Gasteiger partial charge in [0.1, 0.15) is 5.75 Å². The fraction of sp³-hybridized carbons (Fsp3) is 0.533. The van der Waals surface area contributed by atoms with Crippen LogP contribution in [-0.2, 0) is 5.41 Å². The first kappa shape index (κ1) is 10.8.